The largest absolute Gasteiger partial charge is 0.497 e. The number of halogens is 1. The first-order valence-electron chi connectivity index (χ1n) is 12.0. The van der Waals surface area contributed by atoms with Crippen molar-refractivity contribution in [3.63, 3.8) is 0 Å². The summed E-state index contributed by atoms with van der Waals surface area (Å²) in [6.07, 6.45) is 1.57. The Bertz CT molecular complexity index is 1490. The van der Waals surface area contributed by atoms with E-state index in [1.54, 1.807) is 92.0 Å². The molecule has 4 aromatic rings. The second-order valence-corrected chi connectivity index (χ2v) is 9.40. The fourth-order valence-corrected chi connectivity index (χ4v) is 4.33. The van der Waals surface area contributed by atoms with E-state index in [4.69, 9.17) is 4.74 Å². The van der Waals surface area contributed by atoms with E-state index in [9.17, 15) is 18.8 Å². The SMILES string of the molecule is COc1cccc(/C=C(\NC(=O)c2ccccc2)C(=O)Nc2ccc(SCC(=O)c3ccc(F)cc3)cc2)c1. The first kappa shape index (κ1) is 27.3. The first-order valence-corrected chi connectivity index (χ1v) is 12.9. The van der Waals surface area contributed by atoms with Crippen molar-refractivity contribution in [2.45, 2.75) is 4.90 Å². The predicted molar refractivity (Wildman–Crippen MR) is 151 cm³/mol. The number of hydrogen-bond donors (Lipinski definition) is 2. The number of methoxy groups -OCH3 is 1. The zero-order valence-corrected chi connectivity index (χ0v) is 21.8. The Kier molecular flexibility index (Phi) is 9.26. The molecule has 0 aliphatic rings. The molecule has 0 aromatic heterocycles. The minimum Gasteiger partial charge on any atom is -0.497 e. The molecule has 0 atom stereocenters. The summed E-state index contributed by atoms with van der Waals surface area (Å²) >= 11 is 1.34. The summed E-state index contributed by atoms with van der Waals surface area (Å²) in [4.78, 5) is 39.2. The zero-order chi connectivity index (χ0) is 27.6. The van der Waals surface area contributed by atoms with Gasteiger partial charge in [-0.25, -0.2) is 4.39 Å². The number of rotatable bonds is 10. The number of ether oxygens (including phenoxy) is 1. The molecule has 8 heteroatoms. The van der Waals surface area contributed by atoms with Gasteiger partial charge in [-0.15, -0.1) is 11.8 Å². The average molecular weight is 541 g/mol. The van der Waals surface area contributed by atoms with Crippen molar-refractivity contribution in [1.29, 1.82) is 0 Å². The number of anilines is 1. The lowest BCUT2D eigenvalue weighted by Gasteiger charge is -2.12. The van der Waals surface area contributed by atoms with Gasteiger partial charge in [0.25, 0.3) is 11.8 Å². The standard InChI is InChI=1S/C31H25FN2O4S/c1-38-26-9-5-6-21(18-26)19-28(34-30(36)23-7-3-2-4-8-23)31(37)33-25-14-16-27(17-15-25)39-20-29(35)22-10-12-24(32)13-11-22/h2-19H,20H2,1H3,(H,33,37)(H,34,36)/b28-19-. The molecule has 4 rings (SSSR count). The third kappa shape index (κ3) is 7.90. The Morgan fingerprint density at radius 1 is 0.846 bits per heavy atom. The van der Waals surface area contributed by atoms with Crippen molar-refractivity contribution in [2.75, 3.05) is 18.2 Å². The monoisotopic (exact) mass is 540 g/mol. The smallest absolute Gasteiger partial charge is 0.272 e. The van der Waals surface area contributed by atoms with E-state index in [1.807, 2.05) is 0 Å². The van der Waals surface area contributed by atoms with Crippen LogP contribution in [-0.4, -0.2) is 30.5 Å². The van der Waals surface area contributed by atoms with Gasteiger partial charge in [0.15, 0.2) is 5.78 Å². The lowest BCUT2D eigenvalue weighted by molar-refractivity contribution is -0.113. The van der Waals surface area contributed by atoms with E-state index >= 15 is 0 Å². The number of thioether (sulfide) groups is 1. The number of carbonyl (C=O) groups excluding carboxylic acids is 3. The molecule has 39 heavy (non-hydrogen) atoms. The van der Waals surface area contributed by atoms with Crippen LogP contribution in [0.25, 0.3) is 6.08 Å². The highest BCUT2D eigenvalue weighted by atomic mass is 32.2. The predicted octanol–water partition coefficient (Wildman–Crippen LogP) is 6.22. The molecular formula is C31H25FN2O4S. The number of ketones is 1. The number of hydrogen-bond acceptors (Lipinski definition) is 5. The van der Waals surface area contributed by atoms with E-state index in [1.165, 1.54) is 36.0 Å². The lowest BCUT2D eigenvalue weighted by atomic mass is 10.1. The molecule has 2 amide bonds. The third-order valence-corrected chi connectivity index (χ3v) is 6.59. The number of nitrogens with one attached hydrogen (secondary N) is 2. The molecule has 4 aromatic carbocycles. The molecule has 0 aliphatic heterocycles. The van der Waals surface area contributed by atoms with Gasteiger partial charge in [0.1, 0.15) is 17.3 Å². The Hall–Kier alpha value is -4.69. The van der Waals surface area contributed by atoms with E-state index < -0.39 is 17.6 Å². The molecular weight excluding hydrogens is 515 g/mol. The van der Waals surface area contributed by atoms with Gasteiger partial charge in [-0.3, -0.25) is 14.4 Å². The van der Waals surface area contributed by atoms with Gasteiger partial charge in [-0.2, -0.15) is 0 Å². The molecule has 0 radical (unpaired) electrons. The molecule has 196 valence electrons. The molecule has 0 fully saturated rings. The highest BCUT2D eigenvalue weighted by Gasteiger charge is 2.15. The third-order valence-electron chi connectivity index (χ3n) is 5.58. The molecule has 0 bridgehead atoms. The maximum Gasteiger partial charge on any atom is 0.272 e. The van der Waals surface area contributed by atoms with Gasteiger partial charge < -0.3 is 15.4 Å². The first-order chi connectivity index (χ1) is 18.9. The molecule has 2 N–H and O–H groups in total. The summed E-state index contributed by atoms with van der Waals surface area (Å²) in [6, 6.07) is 28.2. The minimum atomic E-state index is -0.506. The van der Waals surface area contributed by atoms with Gasteiger partial charge in [0.2, 0.25) is 0 Å². The van der Waals surface area contributed by atoms with E-state index in [0.717, 1.165) is 4.90 Å². The minimum absolute atomic E-state index is 0.0560. The summed E-state index contributed by atoms with van der Waals surface area (Å²) < 4.78 is 18.3. The zero-order valence-electron chi connectivity index (χ0n) is 21.0. The van der Waals surface area contributed by atoms with Crippen LogP contribution in [0, 0.1) is 5.82 Å². The van der Waals surface area contributed by atoms with Crippen molar-refractivity contribution in [3.8, 4) is 5.75 Å². The van der Waals surface area contributed by atoms with E-state index in [0.29, 0.717) is 28.1 Å². The topological polar surface area (TPSA) is 84.5 Å². The second kappa shape index (κ2) is 13.2. The molecule has 0 spiro atoms. The van der Waals surface area contributed by atoms with Crippen LogP contribution in [-0.2, 0) is 4.79 Å². The van der Waals surface area contributed by atoms with Crippen LogP contribution >= 0.6 is 11.8 Å². The Labute approximate surface area is 229 Å². The molecule has 6 nitrogen and oxygen atoms in total. The van der Waals surface area contributed by atoms with Crippen LogP contribution in [0.3, 0.4) is 0 Å². The van der Waals surface area contributed by atoms with Crippen LogP contribution in [0.2, 0.25) is 0 Å². The van der Waals surface area contributed by atoms with Crippen molar-refractivity contribution in [1.82, 2.24) is 5.32 Å². The van der Waals surface area contributed by atoms with Crippen LogP contribution in [0.15, 0.2) is 114 Å². The van der Waals surface area contributed by atoms with Gasteiger partial charge >= 0.3 is 0 Å². The summed E-state index contributed by atoms with van der Waals surface area (Å²) in [5, 5.41) is 5.51. The summed E-state index contributed by atoms with van der Waals surface area (Å²) in [6.45, 7) is 0. The number of carbonyl (C=O) groups is 3. The van der Waals surface area contributed by atoms with E-state index in [-0.39, 0.29) is 17.2 Å². The summed E-state index contributed by atoms with van der Waals surface area (Å²) in [5.41, 5.74) is 2.10. The molecule has 0 saturated heterocycles. The number of benzene rings is 4. The van der Waals surface area contributed by atoms with Crippen molar-refractivity contribution >= 4 is 41.1 Å². The van der Waals surface area contributed by atoms with Crippen molar-refractivity contribution in [3.05, 3.63) is 131 Å². The van der Waals surface area contributed by atoms with Crippen molar-refractivity contribution in [2.24, 2.45) is 0 Å². The van der Waals surface area contributed by atoms with Gasteiger partial charge in [0.05, 0.1) is 12.9 Å². The fourth-order valence-electron chi connectivity index (χ4n) is 3.54. The van der Waals surface area contributed by atoms with Crippen LogP contribution in [0.5, 0.6) is 5.75 Å². The molecule has 0 saturated carbocycles. The van der Waals surface area contributed by atoms with Gasteiger partial charge in [-0.05, 0) is 84.4 Å². The number of amides is 2. The summed E-state index contributed by atoms with van der Waals surface area (Å²) in [7, 11) is 1.55. The highest BCUT2D eigenvalue weighted by Crippen LogP contribution is 2.22. The normalized spacial score (nSPS) is 11.0. The molecule has 0 unspecified atom stereocenters. The highest BCUT2D eigenvalue weighted by molar-refractivity contribution is 8.00. The second-order valence-electron chi connectivity index (χ2n) is 8.35. The Balaban J connectivity index is 1.45. The number of Topliss-reactive ketones (excluding diaryl/α,β-unsaturated/α-hetero) is 1. The van der Waals surface area contributed by atoms with Crippen LogP contribution < -0.4 is 15.4 Å². The lowest BCUT2D eigenvalue weighted by Crippen LogP contribution is -2.30. The van der Waals surface area contributed by atoms with Crippen molar-refractivity contribution < 1.29 is 23.5 Å². The van der Waals surface area contributed by atoms with Gasteiger partial charge in [-0.1, -0.05) is 30.3 Å². The van der Waals surface area contributed by atoms with Crippen LogP contribution in [0.4, 0.5) is 10.1 Å². The van der Waals surface area contributed by atoms with E-state index in [2.05, 4.69) is 10.6 Å². The Morgan fingerprint density at radius 3 is 2.26 bits per heavy atom. The maximum atomic E-state index is 13.2. The maximum absolute atomic E-state index is 13.2. The van der Waals surface area contributed by atoms with Gasteiger partial charge in [0, 0.05) is 21.7 Å². The quantitative estimate of drug-likeness (QED) is 0.142. The van der Waals surface area contributed by atoms with Crippen LogP contribution in [0.1, 0.15) is 26.3 Å². The Morgan fingerprint density at radius 2 is 1.56 bits per heavy atom. The molecule has 0 aliphatic carbocycles. The average Bonchev–Trinajstić information content (AvgIpc) is 2.97. The summed E-state index contributed by atoms with van der Waals surface area (Å²) in [5.74, 6) is -0.622. The molecule has 0 heterocycles. The fraction of sp³-hybridized carbons (Fsp3) is 0.0645.